The molecule has 0 amide bonds. The minimum absolute atomic E-state index is 0.926. The van der Waals surface area contributed by atoms with Crippen LogP contribution in [0.15, 0.2) is 38.9 Å². The van der Waals surface area contributed by atoms with Crippen molar-refractivity contribution < 1.29 is 0 Å². The van der Waals surface area contributed by atoms with Gasteiger partial charge in [0.15, 0.2) is 5.17 Å². The molecule has 96 valence electrons. The Morgan fingerprint density at radius 3 is 3.11 bits per heavy atom. The van der Waals surface area contributed by atoms with E-state index in [9.17, 15) is 0 Å². The topological polar surface area (TPSA) is 15.6 Å². The quantitative estimate of drug-likeness (QED) is 0.822. The van der Waals surface area contributed by atoms with Crippen LogP contribution in [0.4, 0.5) is 0 Å². The number of thiophene rings is 1. The second-order valence-corrected chi connectivity index (χ2v) is 7.37. The standard InChI is InChI=1S/C14H12N2S3/c1-17-13-12(16-7-6-15-14(16)19-13)10-8-18-11-5-3-2-4-9(10)11/h2-5,8H,6-7H2,1H3. The highest BCUT2D eigenvalue weighted by Gasteiger charge is 2.33. The van der Waals surface area contributed by atoms with Crippen molar-refractivity contribution in [2.45, 2.75) is 0 Å². The van der Waals surface area contributed by atoms with Crippen LogP contribution in [0.3, 0.4) is 0 Å². The summed E-state index contributed by atoms with van der Waals surface area (Å²) in [6.07, 6.45) is 2.15. The number of benzene rings is 1. The van der Waals surface area contributed by atoms with Crippen molar-refractivity contribution in [3.05, 3.63) is 39.4 Å². The molecule has 0 atom stereocenters. The fraction of sp³-hybridized carbons (Fsp3) is 0.214. The number of amidine groups is 1. The molecule has 2 aliphatic heterocycles. The minimum Gasteiger partial charge on any atom is -0.317 e. The Kier molecular flexibility index (Phi) is 2.86. The highest BCUT2D eigenvalue weighted by Crippen LogP contribution is 2.48. The van der Waals surface area contributed by atoms with Gasteiger partial charge >= 0.3 is 0 Å². The first-order chi connectivity index (χ1) is 9.38. The van der Waals surface area contributed by atoms with Crippen molar-refractivity contribution in [1.29, 1.82) is 0 Å². The predicted octanol–water partition coefficient (Wildman–Crippen LogP) is 4.31. The number of aliphatic imine (C=N–C) groups is 1. The van der Waals surface area contributed by atoms with Crippen molar-refractivity contribution >= 4 is 55.8 Å². The van der Waals surface area contributed by atoms with Gasteiger partial charge in [-0.2, -0.15) is 0 Å². The largest absolute Gasteiger partial charge is 0.317 e. The maximum atomic E-state index is 4.59. The van der Waals surface area contributed by atoms with Crippen LogP contribution in [0.25, 0.3) is 15.8 Å². The summed E-state index contributed by atoms with van der Waals surface area (Å²) in [6, 6.07) is 8.66. The van der Waals surface area contributed by atoms with Crippen LogP contribution in [0, 0.1) is 0 Å². The first-order valence-corrected chi connectivity index (χ1v) is 9.05. The average Bonchev–Trinajstić information content (AvgIpc) is 3.11. The molecular formula is C14H12N2S3. The van der Waals surface area contributed by atoms with Crippen molar-refractivity contribution in [2.24, 2.45) is 4.99 Å². The van der Waals surface area contributed by atoms with Gasteiger partial charge in [-0.05, 0) is 24.1 Å². The van der Waals surface area contributed by atoms with Crippen LogP contribution in [-0.4, -0.2) is 29.4 Å². The van der Waals surface area contributed by atoms with Gasteiger partial charge in [0.05, 0.1) is 16.5 Å². The molecule has 0 saturated carbocycles. The Labute approximate surface area is 124 Å². The van der Waals surface area contributed by atoms with Crippen molar-refractivity contribution in [3.8, 4) is 0 Å². The summed E-state index contributed by atoms with van der Waals surface area (Å²) in [5.74, 6) is 0. The molecule has 0 bridgehead atoms. The molecule has 1 aromatic heterocycles. The van der Waals surface area contributed by atoms with E-state index < -0.39 is 0 Å². The SMILES string of the molecule is CSC1=C(c2csc3ccccc23)N2CCN=C2S1. The number of rotatable bonds is 2. The van der Waals surface area contributed by atoms with Gasteiger partial charge in [0.2, 0.25) is 0 Å². The maximum absolute atomic E-state index is 4.59. The van der Waals surface area contributed by atoms with Gasteiger partial charge in [0.1, 0.15) is 0 Å². The van der Waals surface area contributed by atoms with E-state index in [2.05, 4.69) is 45.8 Å². The lowest BCUT2D eigenvalue weighted by Gasteiger charge is -2.16. The van der Waals surface area contributed by atoms with E-state index in [0.29, 0.717) is 0 Å². The molecular weight excluding hydrogens is 292 g/mol. The van der Waals surface area contributed by atoms with E-state index in [1.54, 1.807) is 0 Å². The summed E-state index contributed by atoms with van der Waals surface area (Å²) in [5, 5.41) is 4.83. The number of fused-ring (bicyclic) bond motifs is 2. The normalized spacial score (nSPS) is 18.4. The number of hydrogen-bond acceptors (Lipinski definition) is 5. The molecule has 3 heterocycles. The van der Waals surface area contributed by atoms with Crippen LogP contribution in [-0.2, 0) is 0 Å². The minimum atomic E-state index is 0.926. The lowest BCUT2D eigenvalue weighted by atomic mass is 10.1. The second kappa shape index (κ2) is 4.58. The number of thioether (sulfide) groups is 2. The Morgan fingerprint density at radius 1 is 1.32 bits per heavy atom. The number of hydrogen-bond donors (Lipinski definition) is 0. The summed E-state index contributed by atoms with van der Waals surface area (Å²) in [7, 11) is 0. The zero-order chi connectivity index (χ0) is 12.8. The summed E-state index contributed by atoms with van der Waals surface area (Å²) in [6.45, 7) is 1.95. The molecule has 0 saturated heterocycles. The van der Waals surface area contributed by atoms with E-state index >= 15 is 0 Å². The fourth-order valence-corrected chi connectivity index (χ4v) is 5.36. The molecule has 5 heteroatoms. The first kappa shape index (κ1) is 11.9. The van der Waals surface area contributed by atoms with Crippen LogP contribution in [0.1, 0.15) is 5.56 Å². The average molecular weight is 304 g/mol. The molecule has 2 aromatic rings. The molecule has 0 aliphatic carbocycles. The molecule has 2 nitrogen and oxygen atoms in total. The molecule has 4 rings (SSSR count). The van der Waals surface area contributed by atoms with Crippen molar-refractivity contribution in [3.63, 3.8) is 0 Å². The first-order valence-electron chi connectivity index (χ1n) is 6.13. The Balaban J connectivity index is 1.92. The second-order valence-electron chi connectivity index (χ2n) is 4.40. The van der Waals surface area contributed by atoms with Gasteiger partial charge in [-0.3, -0.25) is 4.99 Å². The third kappa shape index (κ3) is 1.75. The lowest BCUT2D eigenvalue weighted by Crippen LogP contribution is -2.19. The highest BCUT2D eigenvalue weighted by atomic mass is 32.2. The molecule has 0 unspecified atom stereocenters. The van der Waals surface area contributed by atoms with Gasteiger partial charge in [-0.15, -0.1) is 23.1 Å². The number of nitrogens with zero attached hydrogens (tertiary/aromatic N) is 2. The molecule has 2 aliphatic rings. The third-order valence-corrected chi connectivity index (χ3v) is 6.56. The Bertz CT molecular complexity index is 714. The van der Waals surface area contributed by atoms with E-state index in [-0.39, 0.29) is 0 Å². The van der Waals surface area contributed by atoms with Gasteiger partial charge in [-0.1, -0.05) is 18.2 Å². The lowest BCUT2D eigenvalue weighted by molar-refractivity contribution is 0.650. The summed E-state index contributed by atoms with van der Waals surface area (Å²) in [4.78, 5) is 6.97. The highest BCUT2D eigenvalue weighted by molar-refractivity contribution is 8.30. The molecule has 0 N–H and O–H groups in total. The van der Waals surface area contributed by atoms with Gasteiger partial charge in [0.25, 0.3) is 0 Å². The molecule has 19 heavy (non-hydrogen) atoms. The Morgan fingerprint density at radius 2 is 2.21 bits per heavy atom. The van der Waals surface area contributed by atoms with E-state index in [1.165, 1.54) is 30.8 Å². The molecule has 0 spiro atoms. The van der Waals surface area contributed by atoms with Gasteiger partial charge < -0.3 is 4.90 Å². The molecule has 1 aromatic carbocycles. The van der Waals surface area contributed by atoms with E-state index in [1.807, 2.05) is 34.9 Å². The maximum Gasteiger partial charge on any atom is 0.169 e. The monoisotopic (exact) mass is 304 g/mol. The van der Waals surface area contributed by atoms with Crippen LogP contribution < -0.4 is 0 Å². The Hall–Kier alpha value is -0.910. The smallest absolute Gasteiger partial charge is 0.169 e. The van der Waals surface area contributed by atoms with Gasteiger partial charge in [-0.25, -0.2) is 0 Å². The summed E-state index contributed by atoms with van der Waals surface area (Å²) < 4.78 is 2.74. The predicted molar refractivity (Wildman–Crippen MR) is 88.9 cm³/mol. The van der Waals surface area contributed by atoms with Crippen molar-refractivity contribution in [1.82, 2.24) is 4.90 Å². The van der Waals surface area contributed by atoms with Crippen molar-refractivity contribution in [2.75, 3.05) is 19.3 Å². The van der Waals surface area contributed by atoms with Crippen LogP contribution in [0.5, 0.6) is 0 Å². The summed E-state index contributed by atoms with van der Waals surface area (Å²) >= 11 is 5.48. The van der Waals surface area contributed by atoms with E-state index in [0.717, 1.165) is 13.1 Å². The zero-order valence-electron chi connectivity index (χ0n) is 10.4. The summed E-state index contributed by atoms with van der Waals surface area (Å²) in [5.41, 5.74) is 2.73. The van der Waals surface area contributed by atoms with Crippen LogP contribution >= 0.6 is 34.9 Å². The zero-order valence-corrected chi connectivity index (χ0v) is 12.9. The van der Waals surface area contributed by atoms with E-state index in [4.69, 9.17) is 0 Å². The third-order valence-electron chi connectivity index (χ3n) is 3.37. The molecule has 0 radical (unpaired) electrons. The fourth-order valence-electron chi connectivity index (χ4n) is 2.52. The van der Waals surface area contributed by atoms with Crippen LogP contribution in [0.2, 0.25) is 0 Å². The molecule has 0 fully saturated rings. The van der Waals surface area contributed by atoms with Gasteiger partial charge in [0, 0.05) is 27.6 Å².